The SMILES string of the molecule is CN1CCC(CN(C)C(=O)c2ccc(O)c(O)c2)CC1. The number of phenolic OH excluding ortho intramolecular Hbond substituents is 2. The van der Waals surface area contributed by atoms with Crippen LogP contribution in [-0.2, 0) is 0 Å². The summed E-state index contributed by atoms with van der Waals surface area (Å²) in [6, 6.07) is 4.18. The van der Waals surface area contributed by atoms with Gasteiger partial charge in [0, 0.05) is 19.2 Å². The molecule has 2 rings (SSSR count). The molecule has 2 N–H and O–H groups in total. The van der Waals surface area contributed by atoms with Crippen LogP contribution in [0.5, 0.6) is 11.5 Å². The summed E-state index contributed by atoms with van der Waals surface area (Å²) in [5.41, 5.74) is 0.399. The van der Waals surface area contributed by atoms with Gasteiger partial charge in [0.1, 0.15) is 0 Å². The summed E-state index contributed by atoms with van der Waals surface area (Å²) >= 11 is 0. The van der Waals surface area contributed by atoms with Crippen molar-refractivity contribution in [3.05, 3.63) is 23.8 Å². The number of benzene rings is 1. The van der Waals surface area contributed by atoms with Gasteiger partial charge < -0.3 is 20.0 Å². The Labute approximate surface area is 119 Å². The second kappa shape index (κ2) is 6.13. The number of nitrogens with zero attached hydrogens (tertiary/aromatic N) is 2. The van der Waals surface area contributed by atoms with Gasteiger partial charge in [0.25, 0.3) is 5.91 Å². The molecule has 0 saturated carbocycles. The Morgan fingerprint density at radius 2 is 1.95 bits per heavy atom. The molecule has 0 unspecified atom stereocenters. The number of carbonyl (C=O) groups is 1. The van der Waals surface area contributed by atoms with E-state index in [1.807, 2.05) is 0 Å². The summed E-state index contributed by atoms with van der Waals surface area (Å²) in [6.07, 6.45) is 2.21. The van der Waals surface area contributed by atoms with E-state index in [0.717, 1.165) is 32.5 Å². The van der Waals surface area contributed by atoms with Gasteiger partial charge in [-0.1, -0.05) is 0 Å². The average Bonchev–Trinajstić information content (AvgIpc) is 2.43. The summed E-state index contributed by atoms with van der Waals surface area (Å²) in [4.78, 5) is 16.3. The van der Waals surface area contributed by atoms with E-state index in [1.165, 1.54) is 18.2 Å². The van der Waals surface area contributed by atoms with Crippen LogP contribution in [0.15, 0.2) is 18.2 Å². The maximum absolute atomic E-state index is 12.3. The molecule has 0 bridgehead atoms. The number of hydrogen-bond donors (Lipinski definition) is 2. The van der Waals surface area contributed by atoms with Crippen molar-refractivity contribution in [1.29, 1.82) is 0 Å². The molecule has 0 aliphatic carbocycles. The molecular weight excluding hydrogens is 256 g/mol. The van der Waals surface area contributed by atoms with E-state index in [9.17, 15) is 15.0 Å². The zero-order valence-corrected chi connectivity index (χ0v) is 12.0. The lowest BCUT2D eigenvalue weighted by Gasteiger charge is -2.31. The molecule has 0 spiro atoms. The molecule has 1 amide bonds. The minimum Gasteiger partial charge on any atom is -0.504 e. The minimum atomic E-state index is -0.261. The number of likely N-dealkylation sites (tertiary alicyclic amines) is 1. The van der Waals surface area contributed by atoms with E-state index < -0.39 is 0 Å². The number of rotatable bonds is 3. The van der Waals surface area contributed by atoms with Gasteiger partial charge in [-0.3, -0.25) is 4.79 Å². The van der Waals surface area contributed by atoms with Crippen LogP contribution >= 0.6 is 0 Å². The van der Waals surface area contributed by atoms with E-state index in [2.05, 4.69) is 11.9 Å². The van der Waals surface area contributed by atoms with Gasteiger partial charge >= 0.3 is 0 Å². The van der Waals surface area contributed by atoms with Gasteiger partial charge in [0.05, 0.1) is 0 Å². The van der Waals surface area contributed by atoms with Crippen LogP contribution in [0.3, 0.4) is 0 Å². The number of piperidine rings is 1. The van der Waals surface area contributed by atoms with E-state index in [4.69, 9.17) is 0 Å². The summed E-state index contributed by atoms with van der Waals surface area (Å²) in [5.74, 6) is -0.0619. The fraction of sp³-hybridized carbons (Fsp3) is 0.533. The fourth-order valence-electron chi connectivity index (χ4n) is 2.59. The van der Waals surface area contributed by atoms with Crippen molar-refractivity contribution in [2.75, 3.05) is 33.7 Å². The van der Waals surface area contributed by atoms with Crippen molar-refractivity contribution in [2.24, 2.45) is 5.92 Å². The highest BCUT2D eigenvalue weighted by Gasteiger charge is 2.21. The molecule has 1 heterocycles. The molecule has 0 atom stereocenters. The molecular formula is C15H22N2O3. The molecule has 1 saturated heterocycles. The van der Waals surface area contributed by atoms with Gasteiger partial charge in [-0.15, -0.1) is 0 Å². The maximum atomic E-state index is 12.3. The van der Waals surface area contributed by atoms with Crippen molar-refractivity contribution >= 4 is 5.91 Å². The first kappa shape index (κ1) is 14.7. The monoisotopic (exact) mass is 278 g/mol. The fourth-order valence-corrected chi connectivity index (χ4v) is 2.59. The van der Waals surface area contributed by atoms with E-state index in [0.29, 0.717) is 11.5 Å². The molecule has 20 heavy (non-hydrogen) atoms. The van der Waals surface area contributed by atoms with Gasteiger partial charge in [0.15, 0.2) is 11.5 Å². The molecule has 5 nitrogen and oxygen atoms in total. The summed E-state index contributed by atoms with van der Waals surface area (Å²) in [7, 11) is 3.90. The lowest BCUT2D eigenvalue weighted by Crippen LogP contribution is -2.37. The molecule has 110 valence electrons. The Morgan fingerprint density at radius 3 is 2.55 bits per heavy atom. The standard InChI is InChI=1S/C15H22N2O3/c1-16-7-5-11(6-8-16)10-17(2)15(20)12-3-4-13(18)14(19)9-12/h3-4,9,11,18-19H,5-8,10H2,1-2H3. The topological polar surface area (TPSA) is 64.0 Å². The highest BCUT2D eigenvalue weighted by atomic mass is 16.3. The zero-order chi connectivity index (χ0) is 14.7. The summed E-state index contributed by atoms with van der Waals surface area (Å²) in [5, 5.41) is 18.7. The van der Waals surface area contributed by atoms with Gasteiger partial charge in [0.2, 0.25) is 0 Å². The molecule has 0 radical (unpaired) electrons. The number of hydrogen-bond acceptors (Lipinski definition) is 4. The lowest BCUT2D eigenvalue weighted by atomic mass is 9.96. The van der Waals surface area contributed by atoms with Crippen LogP contribution in [0.4, 0.5) is 0 Å². The van der Waals surface area contributed by atoms with E-state index >= 15 is 0 Å². The quantitative estimate of drug-likeness (QED) is 0.823. The van der Waals surface area contributed by atoms with Crippen molar-refractivity contribution in [2.45, 2.75) is 12.8 Å². The van der Waals surface area contributed by atoms with Gasteiger partial charge in [-0.05, 0) is 57.1 Å². The highest BCUT2D eigenvalue weighted by molar-refractivity contribution is 5.94. The maximum Gasteiger partial charge on any atom is 0.253 e. The largest absolute Gasteiger partial charge is 0.504 e. The smallest absolute Gasteiger partial charge is 0.253 e. The van der Waals surface area contributed by atoms with E-state index in [-0.39, 0.29) is 17.4 Å². The van der Waals surface area contributed by atoms with Crippen LogP contribution in [0.2, 0.25) is 0 Å². The van der Waals surface area contributed by atoms with Crippen LogP contribution in [-0.4, -0.2) is 59.6 Å². The molecule has 1 aliphatic heterocycles. The third-order valence-electron chi connectivity index (χ3n) is 3.94. The van der Waals surface area contributed by atoms with E-state index in [1.54, 1.807) is 11.9 Å². The second-order valence-corrected chi connectivity index (χ2v) is 5.64. The molecule has 1 aliphatic rings. The normalized spacial score (nSPS) is 17.1. The van der Waals surface area contributed by atoms with Crippen molar-refractivity contribution in [1.82, 2.24) is 9.80 Å². The van der Waals surface area contributed by atoms with Gasteiger partial charge in [-0.2, -0.15) is 0 Å². The van der Waals surface area contributed by atoms with Gasteiger partial charge in [-0.25, -0.2) is 0 Å². The molecule has 1 aromatic rings. The molecule has 0 aromatic heterocycles. The lowest BCUT2D eigenvalue weighted by molar-refractivity contribution is 0.0747. The first-order chi connectivity index (χ1) is 9.47. The zero-order valence-electron chi connectivity index (χ0n) is 12.0. The Kier molecular flexibility index (Phi) is 4.49. The minimum absolute atomic E-state index is 0.126. The first-order valence-electron chi connectivity index (χ1n) is 6.93. The highest BCUT2D eigenvalue weighted by Crippen LogP contribution is 2.25. The third kappa shape index (κ3) is 3.42. The van der Waals surface area contributed by atoms with Crippen LogP contribution in [0, 0.1) is 5.92 Å². The second-order valence-electron chi connectivity index (χ2n) is 5.64. The Balaban J connectivity index is 1.96. The predicted octanol–water partition coefficient (Wildman–Crippen LogP) is 1.51. The van der Waals surface area contributed by atoms with Crippen molar-refractivity contribution in [3.8, 4) is 11.5 Å². The number of amides is 1. The summed E-state index contributed by atoms with van der Waals surface area (Å²) in [6.45, 7) is 2.88. The molecule has 1 aromatic carbocycles. The molecule has 5 heteroatoms. The van der Waals surface area contributed by atoms with Crippen LogP contribution in [0.25, 0.3) is 0 Å². The van der Waals surface area contributed by atoms with Crippen LogP contribution < -0.4 is 0 Å². The first-order valence-corrected chi connectivity index (χ1v) is 6.93. The van der Waals surface area contributed by atoms with Crippen LogP contribution in [0.1, 0.15) is 23.2 Å². The Bertz CT molecular complexity index is 482. The Morgan fingerprint density at radius 1 is 1.30 bits per heavy atom. The Hall–Kier alpha value is -1.75. The number of aromatic hydroxyl groups is 2. The van der Waals surface area contributed by atoms with Crippen molar-refractivity contribution in [3.63, 3.8) is 0 Å². The number of carbonyl (C=O) groups excluding carboxylic acids is 1. The predicted molar refractivity (Wildman–Crippen MR) is 77.0 cm³/mol. The summed E-state index contributed by atoms with van der Waals surface area (Å²) < 4.78 is 0. The third-order valence-corrected chi connectivity index (χ3v) is 3.94. The van der Waals surface area contributed by atoms with Crippen molar-refractivity contribution < 1.29 is 15.0 Å². The average molecular weight is 278 g/mol. The number of phenols is 2. The molecule has 1 fully saturated rings.